The molecule has 4 heteroatoms. The van der Waals surface area contributed by atoms with Crippen LogP contribution in [0.3, 0.4) is 0 Å². The van der Waals surface area contributed by atoms with Gasteiger partial charge in [0.15, 0.2) is 0 Å². The van der Waals surface area contributed by atoms with Gasteiger partial charge in [-0.2, -0.15) is 0 Å². The SMILES string of the molecule is CCCC(CBr)(CCC)CSc1ccc(Br)cn1. The lowest BCUT2D eigenvalue weighted by Gasteiger charge is -2.31. The Kier molecular flexibility index (Phi) is 7.89. The second kappa shape index (κ2) is 8.60. The van der Waals surface area contributed by atoms with Crippen LogP contribution in [0.2, 0.25) is 0 Å². The molecule has 0 aliphatic heterocycles. The Bertz CT molecular complexity index is 334. The zero-order valence-corrected chi connectivity index (χ0v) is 15.1. The molecule has 0 N–H and O–H groups in total. The minimum atomic E-state index is 0.420. The van der Waals surface area contributed by atoms with Crippen LogP contribution < -0.4 is 0 Å². The highest BCUT2D eigenvalue weighted by Gasteiger charge is 2.27. The van der Waals surface area contributed by atoms with E-state index in [0.717, 1.165) is 20.6 Å². The van der Waals surface area contributed by atoms with Crippen molar-refractivity contribution in [2.45, 2.75) is 44.6 Å². The Morgan fingerprint density at radius 1 is 1.22 bits per heavy atom. The number of halogens is 2. The molecular weight excluding hydrogens is 374 g/mol. The van der Waals surface area contributed by atoms with E-state index in [2.05, 4.69) is 62.8 Å². The third kappa shape index (κ3) is 5.22. The van der Waals surface area contributed by atoms with Crippen molar-refractivity contribution in [3.05, 3.63) is 22.8 Å². The van der Waals surface area contributed by atoms with Crippen LogP contribution in [-0.2, 0) is 0 Å². The molecule has 0 aliphatic carbocycles. The van der Waals surface area contributed by atoms with E-state index in [1.165, 1.54) is 25.7 Å². The van der Waals surface area contributed by atoms with E-state index in [4.69, 9.17) is 0 Å². The fraction of sp³-hybridized carbons (Fsp3) is 0.643. The smallest absolute Gasteiger partial charge is 0.0960 e. The lowest BCUT2D eigenvalue weighted by atomic mass is 9.83. The summed E-state index contributed by atoms with van der Waals surface area (Å²) in [4.78, 5) is 4.44. The topological polar surface area (TPSA) is 12.9 Å². The number of hydrogen-bond donors (Lipinski definition) is 0. The highest BCUT2D eigenvalue weighted by Crippen LogP contribution is 2.37. The van der Waals surface area contributed by atoms with Gasteiger partial charge in [0.2, 0.25) is 0 Å². The van der Waals surface area contributed by atoms with Gasteiger partial charge in [0.1, 0.15) is 0 Å². The highest BCUT2D eigenvalue weighted by atomic mass is 79.9. The highest BCUT2D eigenvalue weighted by molar-refractivity contribution is 9.10. The lowest BCUT2D eigenvalue weighted by molar-refractivity contribution is 0.320. The summed E-state index contributed by atoms with van der Waals surface area (Å²) in [6.45, 7) is 4.55. The molecule has 0 saturated carbocycles. The molecule has 0 saturated heterocycles. The Morgan fingerprint density at radius 3 is 2.33 bits per heavy atom. The number of nitrogens with zero attached hydrogens (tertiary/aromatic N) is 1. The van der Waals surface area contributed by atoms with Crippen LogP contribution in [0.1, 0.15) is 39.5 Å². The van der Waals surface area contributed by atoms with E-state index in [1.807, 2.05) is 18.0 Å². The summed E-state index contributed by atoms with van der Waals surface area (Å²) in [5, 5.41) is 2.21. The maximum absolute atomic E-state index is 4.44. The first-order valence-corrected chi connectivity index (χ1v) is 9.36. The molecule has 0 aromatic carbocycles. The summed E-state index contributed by atoms with van der Waals surface area (Å²) in [7, 11) is 0. The van der Waals surface area contributed by atoms with Crippen molar-refractivity contribution in [2.75, 3.05) is 11.1 Å². The summed E-state index contributed by atoms with van der Waals surface area (Å²) in [6, 6.07) is 4.15. The van der Waals surface area contributed by atoms with Crippen LogP contribution in [0, 0.1) is 5.41 Å². The van der Waals surface area contributed by atoms with Gasteiger partial charge in [-0.3, -0.25) is 0 Å². The molecule has 0 amide bonds. The second-order valence-corrected chi connectivity index (χ2v) is 7.21. The number of pyridine rings is 1. The van der Waals surface area contributed by atoms with E-state index in [9.17, 15) is 0 Å². The summed E-state index contributed by atoms with van der Waals surface area (Å²) >= 11 is 9.02. The normalized spacial score (nSPS) is 11.8. The van der Waals surface area contributed by atoms with Crippen molar-refractivity contribution in [2.24, 2.45) is 5.41 Å². The second-order valence-electron chi connectivity index (χ2n) is 4.74. The number of rotatable bonds is 8. The molecule has 0 aliphatic rings. The number of aromatic nitrogens is 1. The van der Waals surface area contributed by atoms with Crippen LogP contribution >= 0.6 is 43.6 Å². The fourth-order valence-corrected chi connectivity index (χ4v) is 4.57. The number of thioether (sulfide) groups is 1. The maximum Gasteiger partial charge on any atom is 0.0960 e. The van der Waals surface area contributed by atoms with E-state index in [1.54, 1.807) is 0 Å². The molecule has 0 unspecified atom stereocenters. The summed E-state index contributed by atoms with van der Waals surface area (Å²) in [5.41, 5.74) is 0.420. The molecule has 18 heavy (non-hydrogen) atoms. The van der Waals surface area contributed by atoms with Gasteiger partial charge in [-0.25, -0.2) is 4.98 Å². The van der Waals surface area contributed by atoms with Crippen LogP contribution in [0.15, 0.2) is 27.8 Å². The van der Waals surface area contributed by atoms with Gasteiger partial charge in [0.05, 0.1) is 5.03 Å². The molecule has 0 fully saturated rings. The first-order valence-electron chi connectivity index (χ1n) is 6.46. The van der Waals surface area contributed by atoms with E-state index >= 15 is 0 Å². The zero-order chi connectivity index (χ0) is 13.4. The molecular formula is C14H21Br2NS. The van der Waals surface area contributed by atoms with Gasteiger partial charge >= 0.3 is 0 Å². The summed E-state index contributed by atoms with van der Waals surface area (Å²) in [5.74, 6) is 1.15. The van der Waals surface area contributed by atoms with E-state index in [0.29, 0.717) is 5.41 Å². The average molecular weight is 395 g/mol. The van der Waals surface area contributed by atoms with Crippen molar-refractivity contribution in [1.29, 1.82) is 0 Å². The van der Waals surface area contributed by atoms with Crippen molar-refractivity contribution < 1.29 is 0 Å². The Balaban J connectivity index is 2.63. The molecule has 1 heterocycles. The van der Waals surface area contributed by atoms with Gasteiger partial charge in [0, 0.05) is 21.8 Å². The van der Waals surface area contributed by atoms with E-state index < -0.39 is 0 Å². The molecule has 1 aromatic heterocycles. The molecule has 0 bridgehead atoms. The Labute approximate surface area is 132 Å². The minimum Gasteiger partial charge on any atom is -0.249 e. The Hall–Kier alpha value is 0.460. The van der Waals surface area contributed by atoms with Gasteiger partial charge in [-0.05, 0) is 46.3 Å². The lowest BCUT2D eigenvalue weighted by Crippen LogP contribution is -2.25. The molecule has 1 rings (SSSR count). The molecule has 1 nitrogen and oxygen atoms in total. The van der Waals surface area contributed by atoms with Crippen LogP contribution in [0.4, 0.5) is 0 Å². The number of hydrogen-bond acceptors (Lipinski definition) is 2. The molecule has 0 spiro atoms. The Morgan fingerprint density at radius 2 is 1.89 bits per heavy atom. The third-order valence-electron chi connectivity index (χ3n) is 3.07. The summed E-state index contributed by atoms with van der Waals surface area (Å²) in [6.07, 6.45) is 6.95. The largest absolute Gasteiger partial charge is 0.249 e. The van der Waals surface area contributed by atoms with Crippen LogP contribution in [0.5, 0.6) is 0 Å². The first kappa shape index (κ1) is 16.5. The molecule has 0 radical (unpaired) electrons. The van der Waals surface area contributed by atoms with Crippen molar-refractivity contribution in [3.63, 3.8) is 0 Å². The van der Waals surface area contributed by atoms with Gasteiger partial charge in [-0.15, -0.1) is 11.8 Å². The van der Waals surface area contributed by atoms with Crippen molar-refractivity contribution in [1.82, 2.24) is 4.98 Å². The zero-order valence-electron chi connectivity index (χ0n) is 11.1. The third-order valence-corrected chi connectivity index (χ3v) is 6.02. The van der Waals surface area contributed by atoms with E-state index in [-0.39, 0.29) is 0 Å². The predicted molar refractivity (Wildman–Crippen MR) is 88.7 cm³/mol. The first-order chi connectivity index (χ1) is 8.65. The quantitative estimate of drug-likeness (QED) is 0.401. The van der Waals surface area contributed by atoms with Gasteiger partial charge in [-0.1, -0.05) is 42.6 Å². The summed E-state index contributed by atoms with van der Waals surface area (Å²) < 4.78 is 1.04. The number of alkyl halides is 1. The fourth-order valence-electron chi connectivity index (χ4n) is 2.18. The maximum atomic E-state index is 4.44. The average Bonchev–Trinajstić information content (AvgIpc) is 2.38. The van der Waals surface area contributed by atoms with Gasteiger partial charge < -0.3 is 0 Å². The van der Waals surface area contributed by atoms with Crippen molar-refractivity contribution in [3.8, 4) is 0 Å². The van der Waals surface area contributed by atoms with Gasteiger partial charge in [0.25, 0.3) is 0 Å². The molecule has 0 atom stereocenters. The monoisotopic (exact) mass is 393 g/mol. The molecule has 102 valence electrons. The predicted octanol–water partition coefficient (Wildman–Crippen LogP) is 5.92. The van der Waals surface area contributed by atoms with Crippen LogP contribution in [0.25, 0.3) is 0 Å². The van der Waals surface area contributed by atoms with Crippen molar-refractivity contribution >= 4 is 43.6 Å². The van der Waals surface area contributed by atoms with Crippen LogP contribution in [-0.4, -0.2) is 16.1 Å². The standard InChI is InChI=1S/C14H21Br2NS/c1-3-7-14(10-15,8-4-2)11-18-13-6-5-12(16)9-17-13/h5-6,9H,3-4,7-8,10-11H2,1-2H3. The molecule has 1 aromatic rings. The minimum absolute atomic E-state index is 0.420.